The predicted octanol–water partition coefficient (Wildman–Crippen LogP) is 2.99. The first-order valence-electron chi connectivity index (χ1n) is 9.51. The van der Waals surface area contributed by atoms with E-state index in [1.54, 1.807) is 11.3 Å². The molecule has 1 aliphatic rings. The summed E-state index contributed by atoms with van der Waals surface area (Å²) in [5.74, 6) is 1.01. The first kappa shape index (κ1) is 18.9. The molecule has 1 aromatic carbocycles. The summed E-state index contributed by atoms with van der Waals surface area (Å²) in [4.78, 5) is 14.3. The Labute approximate surface area is 160 Å². The van der Waals surface area contributed by atoms with E-state index in [1.165, 1.54) is 10.6 Å². The molecule has 0 saturated carbocycles. The monoisotopic (exact) mass is 371 g/mol. The van der Waals surface area contributed by atoms with Gasteiger partial charge in [0.05, 0.1) is 17.2 Å². The van der Waals surface area contributed by atoms with Crippen LogP contribution in [0.3, 0.4) is 0 Å². The third-order valence-corrected chi connectivity index (χ3v) is 5.59. The summed E-state index contributed by atoms with van der Waals surface area (Å²) in [6, 6.07) is 10.7. The molecule has 1 aliphatic heterocycles. The fourth-order valence-electron chi connectivity index (χ4n) is 3.13. The summed E-state index contributed by atoms with van der Waals surface area (Å²) in [5, 5.41) is 6.76. The average Bonchev–Trinajstić information content (AvgIpc) is 3.15. The molecule has 0 unspecified atom stereocenters. The van der Waals surface area contributed by atoms with Crippen molar-refractivity contribution in [1.29, 1.82) is 0 Å². The minimum atomic E-state index is 0.656. The molecule has 1 N–H and O–H groups in total. The van der Waals surface area contributed by atoms with Crippen molar-refractivity contribution in [3.05, 3.63) is 52.0 Å². The van der Waals surface area contributed by atoms with Crippen LogP contribution in [0.5, 0.6) is 0 Å². The van der Waals surface area contributed by atoms with Crippen LogP contribution in [0.4, 0.5) is 0 Å². The molecular formula is C20H29N5S. The number of nitrogens with zero attached hydrogens (tertiary/aromatic N) is 4. The van der Waals surface area contributed by atoms with Crippen molar-refractivity contribution in [2.75, 3.05) is 32.7 Å². The average molecular weight is 372 g/mol. The number of thiazole rings is 1. The van der Waals surface area contributed by atoms with Crippen molar-refractivity contribution in [2.45, 2.75) is 33.4 Å². The Hall–Kier alpha value is -1.92. The van der Waals surface area contributed by atoms with Crippen LogP contribution >= 0.6 is 11.3 Å². The molecule has 0 radical (unpaired) electrons. The van der Waals surface area contributed by atoms with Crippen molar-refractivity contribution >= 4 is 17.3 Å². The molecule has 0 atom stereocenters. The molecule has 0 amide bonds. The highest BCUT2D eigenvalue weighted by Crippen LogP contribution is 2.12. The Morgan fingerprint density at radius 2 is 1.92 bits per heavy atom. The molecule has 2 aromatic rings. The fraction of sp³-hybridized carbons (Fsp3) is 0.500. The van der Waals surface area contributed by atoms with Gasteiger partial charge in [-0.3, -0.25) is 4.90 Å². The standard InChI is InChI=1S/C20H29N5S/c1-3-19-23-18(16-26-19)14-22-20(21-4-2)25-12-10-24(11-13-25)15-17-8-6-5-7-9-17/h5-9,16H,3-4,10-15H2,1-2H3,(H,21,22). The largest absolute Gasteiger partial charge is 0.357 e. The van der Waals surface area contributed by atoms with E-state index in [0.29, 0.717) is 6.54 Å². The highest BCUT2D eigenvalue weighted by Gasteiger charge is 2.19. The van der Waals surface area contributed by atoms with Gasteiger partial charge in [-0.1, -0.05) is 37.3 Å². The van der Waals surface area contributed by atoms with E-state index in [1.807, 2.05) is 0 Å². The van der Waals surface area contributed by atoms with Gasteiger partial charge in [-0.15, -0.1) is 11.3 Å². The summed E-state index contributed by atoms with van der Waals surface area (Å²) in [6.45, 7) is 11.0. The highest BCUT2D eigenvalue weighted by atomic mass is 32.1. The second kappa shape index (κ2) is 9.69. The van der Waals surface area contributed by atoms with E-state index < -0.39 is 0 Å². The van der Waals surface area contributed by atoms with Gasteiger partial charge >= 0.3 is 0 Å². The molecule has 0 spiro atoms. The van der Waals surface area contributed by atoms with Crippen LogP contribution in [0.15, 0.2) is 40.7 Å². The summed E-state index contributed by atoms with van der Waals surface area (Å²) < 4.78 is 0. The highest BCUT2D eigenvalue weighted by molar-refractivity contribution is 7.09. The van der Waals surface area contributed by atoms with E-state index in [9.17, 15) is 0 Å². The molecule has 1 fully saturated rings. The third-order valence-electron chi connectivity index (χ3n) is 4.55. The molecule has 0 aliphatic carbocycles. The number of rotatable bonds is 6. The van der Waals surface area contributed by atoms with E-state index in [0.717, 1.165) is 57.3 Å². The van der Waals surface area contributed by atoms with E-state index in [4.69, 9.17) is 4.99 Å². The molecule has 1 aromatic heterocycles. The van der Waals surface area contributed by atoms with Crippen LogP contribution in [-0.4, -0.2) is 53.5 Å². The van der Waals surface area contributed by atoms with Crippen LogP contribution in [0.1, 0.15) is 30.1 Å². The zero-order valence-corrected chi connectivity index (χ0v) is 16.6. The molecule has 3 rings (SSSR count). The van der Waals surface area contributed by atoms with Crippen molar-refractivity contribution in [3.63, 3.8) is 0 Å². The minimum absolute atomic E-state index is 0.656. The topological polar surface area (TPSA) is 43.8 Å². The second-order valence-corrected chi connectivity index (χ2v) is 7.45. The number of aliphatic imine (C=N–C) groups is 1. The number of guanidine groups is 1. The van der Waals surface area contributed by atoms with Gasteiger partial charge in [0.2, 0.25) is 0 Å². The smallest absolute Gasteiger partial charge is 0.194 e. The van der Waals surface area contributed by atoms with E-state index in [-0.39, 0.29) is 0 Å². The van der Waals surface area contributed by atoms with Crippen molar-refractivity contribution in [3.8, 4) is 0 Å². The van der Waals surface area contributed by atoms with Crippen molar-refractivity contribution in [1.82, 2.24) is 20.1 Å². The van der Waals surface area contributed by atoms with Crippen LogP contribution in [0, 0.1) is 0 Å². The first-order chi connectivity index (χ1) is 12.8. The predicted molar refractivity (Wildman–Crippen MR) is 110 cm³/mol. The van der Waals surface area contributed by atoms with Gasteiger partial charge in [0.1, 0.15) is 0 Å². The number of benzene rings is 1. The zero-order valence-electron chi connectivity index (χ0n) is 15.8. The van der Waals surface area contributed by atoms with Gasteiger partial charge in [0.25, 0.3) is 0 Å². The molecular weight excluding hydrogens is 342 g/mol. The molecule has 5 nitrogen and oxygen atoms in total. The number of aromatic nitrogens is 1. The molecule has 6 heteroatoms. The lowest BCUT2D eigenvalue weighted by Crippen LogP contribution is -2.52. The van der Waals surface area contributed by atoms with E-state index in [2.05, 4.69) is 69.7 Å². The number of aryl methyl sites for hydroxylation is 1. The maximum Gasteiger partial charge on any atom is 0.194 e. The number of hydrogen-bond acceptors (Lipinski definition) is 4. The number of nitrogens with one attached hydrogen (secondary N) is 1. The zero-order chi connectivity index (χ0) is 18.2. The fourth-order valence-corrected chi connectivity index (χ4v) is 3.86. The Balaban J connectivity index is 1.54. The van der Waals surface area contributed by atoms with Gasteiger partial charge < -0.3 is 10.2 Å². The van der Waals surface area contributed by atoms with Gasteiger partial charge in [0, 0.05) is 44.6 Å². The Morgan fingerprint density at radius 3 is 2.58 bits per heavy atom. The summed E-state index contributed by atoms with van der Waals surface area (Å²) in [7, 11) is 0. The SMILES string of the molecule is CCNC(=NCc1csc(CC)n1)N1CCN(Cc2ccccc2)CC1. The van der Waals surface area contributed by atoms with Crippen molar-refractivity contribution < 1.29 is 0 Å². The second-order valence-electron chi connectivity index (χ2n) is 6.51. The van der Waals surface area contributed by atoms with Crippen LogP contribution in [-0.2, 0) is 19.5 Å². The lowest BCUT2D eigenvalue weighted by Gasteiger charge is -2.36. The molecule has 0 bridgehead atoms. The maximum absolute atomic E-state index is 4.82. The lowest BCUT2D eigenvalue weighted by atomic mass is 10.2. The summed E-state index contributed by atoms with van der Waals surface area (Å²) in [5.41, 5.74) is 2.46. The quantitative estimate of drug-likeness (QED) is 0.626. The lowest BCUT2D eigenvalue weighted by molar-refractivity contribution is 0.172. The third kappa shape index (κ3) is 5.29. The van der Waals surface area contributed by atoms with Crippen LogP contribution in [0.25, 0.3) is 0 Å². The van der Waals surface area contributed by atoms with Crippen LogP contribution in [0.2, 0.25) is 0 Å². The first-order valence-corrected chi connectivity index (χ1v) is 10.4. The minimum Gasteiger partial charge on any atom is -0.357 e. The number of piperazine rings is 1. The Bertz CT molecular complexity index is 689. The maximum atomic E-state index is 4.82. The van der Waals surface area contributed by atoms with Crippen molar-refractivity contribution in [2.24, 2.45) is 4.99 Å². The van der Waals surface area contributed by atoms with E-state index >= 15 is 0 Å². The number of hydrogen-bond donors (Lipinski definition) is 1. The molecule has 2 heterocycles. The molecule has 26 heavy (non-hydrogen) atoms. The Morgan fingerprint density at radius 1 is 1.15 bits per heavy atom. The summed E-state index contributed by atoms with van der Waals surface area (Å²) in [6.07, 6.45) is 0.998. The van der Waals surface area contributed by atoms with Crippen LogP contribution < -0.4 is 5.32 Å². The Kier molecular flexibility index (Phi) is 7.03. The van der Waals surface area contributed by atoms with Gasteiger partial charge in [-0.25, -0.2) is 9.98 Å². The summed E-state index contributed by atoms with van der Waals surface area (Å²) >= 11 is 1.73. The van der Waals surface area contributed by atoms with Gasteiger partial charge in [-0.05, 0) is 18.9 Å². The molecule has 1 saturated heterocycles. The normalized spacial score (nSPS) is 16.1. The molecule has 140 valence electrons. The van der Waals surface area contributed by atoms with Gasteiger partial charge in [0.15, 0.2) is 5.96 Å². The van der Waals surface area contributed by atoms with Gasteiger partial charge in [-0.2, -0.15) is 0 Å².